The highest BCUT2D eigenvalue weighted by atomic mass is 16.2. The third-order valence-corrected chi connectivity index (χ3v) is 7.57. The maximum Gasteiger partial charge on any atom is 0.325 e. The highest BCUT2D eigenvalue weighted by molar-refractivity contribution is 6.09. The monoisotopic (exact) mass is 392 g/mol. The Labute approximate surface area is 168 Å². The van der Waals surface area contributed by atoms with Crippen molar-refractivity contribution >= 4 is 17.8 Å². The Morgan fingerprint density at radius 2 is 1.71 bits per heavy atom. The van der Waals surface area contributed by atoms with Gasteiger partial charge in [-0.2, -0.15) is 0 Å². The Morgan fingerprint density at radius 3 is 2.25 bits per heavy atom. The van der Waals surface area contributed by atoms with Crippen LogP contribution in [0.15, 0.2) is 0 Å². The minimum Gasteiger partial charge on any atom is -0.339 e. The van der Waals surface area contributed by atoms with Crippen molar-refractivity contribution in [2.24, 2.45) is 11.3 Å². The van der Waals surface area contributed by atoms with E-state index in [0.29, 0.717) is 31.8 Å². The summed E-state index contributed by atoms with van der Waals surface area (Å²) >= 11 is 0. The molecule has 3 fully saturated rings. The zero-order chi connectivity index (χ0) is 20.5. The van der Waals surface area contributed by atoms with Gasteiger partial charge in [0.1, 0.15) is 12.1 Å². The fourth-order valence-electron chi connectivity index (χ4n) is 4.89. The Kier molecular flexibility index (Phi) is 6.03. The van der Waals surface area contributed by atoms with E-state index < -0.39 is 11.6 Å². The van der Waals surface area contributed by atoms with E-state index in [4.69, 9.17) is 0 Å². The van der Waals surface area contributed by atoms with Crippen molar-refractivity contribution in [3.63, 3.8) is 0 Å². The number of hydrogen-bond donors (Lipinski definition) is 1. The lowest BCUT2D eigenvalue weighted by molar-refractivity contribution is -0.140. The number of carbonyl (C=O) groups is 3. The van der Waals surface area contributed by atoms with Gasteiger partial charge in [-0.1, -0.05) is 34.1 Å². The van der Waals surface area contributed by atoms with Gasteiger partial charge in [-0.15, -0.1) is 0 Å². The molecule has 0 radical (unpaired) electrons. The van der Waals surface area contributed by atoms with Gasteiger partial charge in [0.15, 0.2) is 0 Å². The third kappa shape index (κ3) is 3.91. The molecule has 0 aromatic heterocycles. The summed E-state index contributed by atoms with van der Waals surface area (Å²) in [5.41, 5.74) is -0.540. The number of imide groups is 1. The van der Waals surface area contributed by atoms with Crippen LogP contribution in [0.5, 0.6) is 0 Å². The van der Waals surface area contributed by atoms with Crippen LogP contribution in [-0.2, 0) is 9.59 Å². The summed E-state index contributed by atoms with van der Waals surface area (Å²) < 4.78 is 0. The number of amides is 4. The van der Waals surface area contributed by atoms with Crippen molar-refractivity contribution < 1.29 is 14.4 Å². The van der Waals surface area contributed by atoms with Crippen LogP contribution < -0.4 is 5.32 Å². The van der Waals surface area contributed by atoms with E-state index in [0.717, 1.165) is 43.8 Å². The van der Waals surface area contributed by atoms with Crippen molar-refractivity contribution in [3.8, 4) is 0 Å². The molecule has 2 saturated heterocycles. The topological polar surface area (TPSA) is 73.0 Å². The maximum absolute atomic E-state index is 13.1. The zero-order valence-corrected chi connectivity index (χ0v) is 17.9. The van der Waals surface area contributed by atoms with Gasteiger partial charge in [0.2, 0.25) is 5.91 Å². The molecule has 28 heavy (non-hydrogen) atoms. The van der Waals surface area contributed by atoms with Crippen molar-refractivity contribution in [2.75, 3.05) is 39.3 Å². The molecule has 3 aliphatic rings. The minimum absolute atomic E-state index is 0.128. The largest absolute Gasteiger partial charge is 0.339 e. The predicted octanol–water partition coefficient (Wildman–Crippen LogP) is 2.07. The molecule has 158 valence electrons. The quantitative estimate of drug-likeness (QED) is 0.727. The van der Waals surface area contributed by atoms with Gasteiger partial charge in [0.05, 0.1) is 0 Å². The molecule has 0 unspecified atom stereocenters. The number of urea groups is 1. The summed E-state index contributed by atoms with van der Waals surface area (Å²) in [7, 11) is 0. The molecule has 3 rings (SSSR count). The van der Waals surface area contributed by atoms with Gasteiger partial charge in [0, 0.05) is 26.2 Å². The molecule has 1 N–H and O–H groups in total. The summed E-state index contributed by atoms with van der Waals surface area (Å²) in [5.74, 6) is 0.237. The van der Waals surface area contributed by atoms with Crippen LogP contribution in [0.2, 0.25) is 0 Å². The third-order valence-electron chi connectivity index (χ3n) is 7.57. The Hall–Kier alpha value is -1.63. The van der Waals surface area contributed by atoms with Crippen molar-refractivity contribution in [1.29, 1.82) is 0 Å². The average molecular weight is 393 g/mol. The lowest BCUT2D eigenvalue weighted by Gasteiger charge is -2.42. The van der Waals surface area contributed by atoms with Crippen LogP contribution in [0.4, 0.5) is 4.79 Å². The Morgan fingerprint density at radius 1 is 1.11 bits per heavy atom. The van der Waals surface area contributed by atoms with Crippen LogP contribution in [0, 0.1) is 11.3 Å². The molecule has 0 atom stereocenters. The molecule has 2 aliphatic heterocycles. The second kappa shape index (κ2) is 8.01. The van der Waals surface area contributed by atoms with Crippen molar-refractivity contribution in [1.82, 2.24) is 20.0 Å². The molecule has 1 spiro atoms. The second-order valence-corrected chi connectivity index (χ2v) is 9.34. The van der Waals surface area contributed by atoms with E-state index in [1.165, 1.54) is 0 Å². The fourth-order valence-corrected chi connectivity index (χ4v) is 4.89. The van der Waals surface area contributed by atoms with E-state index in [1.54, 1.807) is 4.90 Å². The first kappa shape index (κ1) is 21.1. The first-order chi connectivity index (χ1) is 13.2. The lowest BCUT2D eigenvalue weighted by atomic mass is 9.65. The minimum atomic E-state index is -0.793. The van der Waals surface area contributed by atoms with Gasteiger partial charge in [-0.05, 0) is 43.6 Å². The number of piperazine rings is 1. The smallest absolute Gasteiger partial charge is 0.325 e. The molecule has 4 amide bonds. The van der Waals surface area contributed by atoms with E-state index in [1.807, 2.05) is 0 Å². The van der Waals surface area contributed by atoms with Crippen LogP contribution in [0.25, 0.3) is 0 Å². The number of carbonyl (C=O) groups excluding carboxylic acids is 3. The number of nitrogens with one attached hydrogen (secondary N) is 1. The lowest BCUT2D eigenvalue weighted by Crippen LogP contribution is -2.53. The number of hydrogen-bond acceptors (Lipinski definition) is 4. The average Bonchev–Trinajstić information content (AvgIpc) is 2.92. The molecule has 0 aromatic rings. The molecule has 7 heteroatoms. The summed E-state index contributed by atoms with van der Waals surface area (Å²) in [4.78, 5) is 43.5. The summed E-state index contributed by atoms with van der Waals surface area (Å²) in [6.07, 6.45) is 4.33. The number of nitrogens with zero attached hydrogens (tertiary/aromatic N) is 3. The van der Waals surface area contributed by atoms with E-state index in [-0.39, 0.29) is 23.8 Å². The van der Waals surface area contributed by atoms with Crippen LogP contribution in [-0.4, -0.2) is 77.4 Å². The molecule has 7 nitrogen and oxygen atoms in total. The highest BCUT2D eigenvalue weighted by Crippen LogP contribution is 2.45. The first-order valence-corrected chi connectivity index (χ1v) is 10.9. The highest BCUT2D eigenvalue weighted by Gasteiger charge is 2.53. The summed E-state index contributed by atoms with van der Waals surface area (Å²) in [6.45, 7) is 12.8. The van der Waals surface area contributed by atoms with Gasteiger partial charge in [-0.25, -0.2) is 4.79 Å². The zero-order valence-electron chi connectivity index (χ0n) is 17.9. The van der Waals surface area contributed by atoms with Crippen molar-refractivity contribution in [3.05, 3.63) is 0 Å². The fraction of sp³-hybridized carbons (Fsp3) is 0.857. The van der Waals surface area contributed by atoms with Crippen LogP contribution >= 0.6 is 0 Å². The molecular formula is C21H36N4O3. The summed E-state index contributed by atoms with van der Waals surface area (Å²) in [6, 6.07) is -0.404. The van der Waals surface area contributed by atoms with Crippen LogP contribution in [0.1, 0.15) is 59.8 Å². The van der Waals surface area contributed by atoms with Gasteiger partial charge in [-0.3, -0.25) is 14.5 Å². The SMILES string of the molecule is CCN1CCN(C(=O)CN2C(=O)NC3(CCC(C(C)(C)CC)CC3)C2=O)CC1. The molecule has 1 aliphatic carbocycles. The first-order valence-electron chi connectivity index (χ1n) is 10.9. The molecule has 0 bridgehead atoms. The molecular weight excluding hydrogens is 356 g/mol. The molecule has 0 aromatic carbocycles. The normalized spacial score (nSPS) is 29.5. The van der Waals surface area contributed by atoms with E-state index in [2.05, 4.69) is 37.9 Å². The summed E-state index contributed by atoms with van der Waals surface area (Å²) in [5, 5.41) is 2.94. The molecule has 1 saturated carbocycles. The standard InChI is InChI=1S/C21H36N4O3/c1-5-20(3,4)16-7-9-21(10-8-16)18(27)25(19(28)22-21)15-17(26)24-13-11-23(6-2)12-14-24/h16H,5-15H2,1-4H3,(H,22,28). The van der Waals surface area contributed by atoms with E-state index in [9.17, 15) is 14.4 Å². The van der Waals surface area contributed by atoms with E-state index >= 15 is 0 Å². The Bertz CT molecular complexity index is 617. The number of rotatable bonds is 5. The Balaban J connectivity index is 1.59. The van der Waals surface area contributed by atoms with Gasteiger partial charge in [0.25, 0.3) is 5.91 Å². The van der Waals surface area contributed by atoms with Crippen molar-refractivity contribution in [2.45, 2.75) is 65.3 Å². The maximum atomic E-state index is 13.1. The predicted molar refractivity (Wildman–Crippen MR) is 108 cm³/mol. The van der Waals surface area contributed by atoms with Gasteiger partial charge < -0.3 is 15.1 Å². The molecule has 2 heterocycles. The second-order valence-electron chi connectivity index (χ2n) is 9.34. The number of likely N-dealkylation sites (N-methyl/N-ethyl adjacent to an activating group) is 1. The van der Waals surface area contributed by atoms with Gasteiger partial charge >= 0.3 is 6.03 Å². The van der Waals surface area contributed by atoms with Crippen LogP contribution in [0.3, 0.4) is 0 Å².